The molecule has 0 radical (unpaired) electrons. The van der Waals surface area contributed by atoms with Crippen LogP contribution in [0.2, 0.25) is 0 Å². The lowest BCUT2D eigenvalue weighted by molar-refractivity contribution is 0.678. The minimum absolute atomic E-state index is 0.983. The van der Waals surface area contributed by atoms with E-state index in [2.05, 4.69) is 53.6 Å². The third-order valence-electron chi connectivity index (χ3n) is 3.16. The second-order valence-electron chi connectivity index (χ2n) is 4.70. The fourth-order valence-corrected chi connectivity index (χ4v) is 2.15. The summed E-state index contributed by atoms with van der Waals surface area (Å²) in [7, 11) is 0. The maximum Gasteiger partial charge on any atom is 0.0704 e. The number of allylic oxidation sites excluding steroid dienone is 1. The van der Waals surface area contributed by atoms with Crippen LogP contribution < -0.4 is 5.32 Å². The highest BCUT2D eigenvalue weighted by Gasteiger charge is 1.98. The van der Waals surface area contributed by atoms with Gasteiger partial charge in [0.1, 0.15) is 0 Å². The maximum absolute atomic E-state index is 4.39. The molecular weight excluding hydrogens is 232 g/mol. The van der Waals surface area contributed by atoms with Crippen LogP contribution in [0.25, 0.3) is 10.9 Å². The molecule has 19 heavy (non-hydrogen) atoms. The molecular formula is C17H22N2. The van der Waals surface area contributed by atoms with E-state index in [1.54, 1.807) is 0 Å². The number of nitrogens with zero attached hydrogens (tertiary/aromatic N) is 1. The van der Waals surface area contributed by atoms with Crippen molar-refractivity contribution in [3.8, 4) is 0 Å². The number of fused-ring (bicyclic) bond motifs is 1. The first kappa shape index (κ1) is 13.8. The first-order chi connectivity index (χ1) is 9.42. The molecule has 0 aliphatic heterocycles. The van der Waals surface area contributed by atoms with Crippen molar-refractivity contribution < 1.29 is 0 Å². The highest BCUT2D eigenvalue weighted by Crippen LogP contribution is 2.16. The Morgan fingerprint density at radius 1 is 1.11 bits per heavy atom. The van der Waals surface area contributed by atoms with Gasteiger partial charge in [0.2, 0.25) is 0 Å². The topological polar surface area (TPSA) is 24.9 Å². The number of aromatic nitrogens is 1. The molecule has 0 bridgehead atoms. The molecule has 0 aliphatic rings. The van der Waals surface area contributed by atoms with Crippen LogP contribution in [0, 0.1) is 0 Å². The van der Waals surface area contributed by atoms with Gasteiger partial charge < -0.3 is 5.32 Å². The summed E-state index contributed by atoms with van der Waals surface area (Å²) in [6.07, 6.45) is 9.70. The van der Waals surface area contributed by atoms with Gasteiger partial charge in [0.25, 0.3) is 0 Å². The van der Waals surface area contributed by atoms with E-state index in [1.807, 2.05) is 12.3 Å². The first-order valence-electron chi connectivity index (χ1n) is 7.10. The Kier molecular flexibility index (Phi) is 5.57. The van der Waals surface area contributed by atoms with Crippen molar-refractivity contribution >= 4 is 10.9 Å². The van der Waals surface area contributed by atoms with E-state index in [9.17, 15) is 0 Å². The Morgan fingerprint density at radius 2 is 2.00 bits per heavy atom. The molecule has 1 aromatic heterocycles. The number of nitrogens with one attached hydrogen (secondary N) is 1. The molecule has 0 saturated carbocycles. The largest absolute Gasteiger partial charge is 0.316 e. The zero-order chi connectivity index (χ0) is 13.3. The standard InChI is InChI=1S/C17H22N2/c1-2-12-18-13-7-3-4-8-15-11-14-19-17-10-6-5-9-16(15)17/h3-6,9-11,14,18H,2,7-8,12-13H2,1H3. The van der Waals surface area contributed by atoms with Crippen LogP contribution in [-0.4, -0.2) is 18.1 Å². The van der Waals surface area contributed by atoms with E-state index < -0.39 is 0 Å². The number of hydrogen-bond donors (Lipinski definition) is 1. The van der Waals surface area contributed by atoms with E-state index in [0.717, 1.165) is 31.4 Å². The Bertz CT molecular complexity index is 526. The Balaban J connectivity index is 1.89. The van der Waals surface area contributed by atoms with Gasteiger partial charge in [0.15, 0.2) is 0 Å². The Morgan fingerprint density at radius 3 is 2.89 bits per heavy atom. The summed E-state index contributed by atoms with van der Waals surface area (Å²) in [5, 5.41) is 4.66. The van der Waals surface area contributed by atoms with Crippen molar-refractivity contribution in [3.05, 3.63) is 54.2 Å². The Labute approximate surface area is 115 Å². The summed E-state index contributed by atoms with van der Waals surface area (Å²) in [6.45, 7) is 4.38. The molecule has 2 aromatic rings. The molecule has 0 fully saturated rings. The highest BCUT2D eigenvalue weighted by molar-refractivity contribution is 5.81. The average Bonchev–Trinajstić information content (AvgIpc) is 2.46. The highest BCUT2D eigenvalue weighted by atomic mass is 14.8. The molecule has 0 spiro atoms. The van der Waals surface area contributed by atoms with Crippen LogP contribution in [0.3, 0.4) is 0 Å². The summed E-state index contributed by atoms with van der Waals surface area (Å²) in [5.41, 5.74) is 2.43. The van der Waals surface area contributed by atoms with Gasteiger partial charge in [0.05, 0.1) is 5.52 Å². The monoisotopic (exact) mass is 254 g/mol. The SMILES string of the molecule is CCCNCCC=CCc1ccnc2ccccc12. The van der Waals surface area contributed by atoms with Crippen molar-refractivity contribution in [2.75, 3.05) is 13.1 Å². The van der Waals surface area contributed by atoms with Crippen LogP contribution >= 0.6 is 0 Å². The first-order valence-corrected chi connectivity index (χ1v) is 7.10. The normalized spacial score (nSPS) is 11.4. The van der Waals surface area contributed by atoms with E-state index in [4.69, 9.17) is 0 Å². The smallest absolute Gasteiger partial charge is 0.0704 e. The molecule has 100 valence electrons. The molecule has 0 amide bonds. The number of hydrogen-bond acceptors (Lipinski definition) is 2. The summed E-state index contributed by atoms with van der Waals surface area (Å²) < 4.78 is 0. The van der Waals surface area contributed by atoms with Gasteiger partial charge in [-0.3, -0.25) is 4.98 Å². The van der Waals surface area contributed by atoms with Gasteiger partial charge >= 0.3 is 0 Å². The number of benzene rings is 1. The van der Waals surface area contributed by atoms with Crippen LogP contribution in [0.4, 0.5) is 0 Å². The zero-order valence-electron chi connectivity index (χ0n) is 11.6. The molecule has 0 aliphatic carbocycles. The van der Waals surface area contributed by atoms with Gasteiger partial charge in [0, 0.05) is 11.6 Å². The van der Waals surface area contributed by atoms with Crippen LogP contribution in [0.5, 0.6) is 0 Å². The van der Waals surface area contributed by atoms with Gasteiger partial charge in [-0.2, -0.15) is 0 Å². The van der Waals surface area contributed by atoms with Crippen molar-refractivity contribution in [2.45, 2.75) is 26.2 Å². The van der Waals surface area contributed by atoms with Crippen molar-refractivity contribution in [1.29, 1.82) is 0 Å². The third kappa shape index (κ3) is 4.18. The van der Waals surface area contributed by atoms with Gasteiger partial charge in [-0.05, 0) is 50.0 Å². The van der Waals surface area contributed by atoms with E-state index in [1.165, 1.54) is 17.4 Å². The van der Waals surface area contributed by atoms with Gasteiger partial charge in [-0.25, -0.2) is 0 Å². The lowest BCUT2D eigenvalue weighted by atomic mass is 10.1. The molecule has 2 nitrogen and oxygen atoms in total. The lowest BCUT2D eigenvalue weighted by Crippen LogP contribution is -2.14. The van der Waals surface area contributed by atoms with Gasteiger partial charge in [-0.15, -0.1) is 0 Å². The minimum Gasteiger partial charge on any atom is -0.316 e. The van der Waals surface area contributed by atoms with E-state index in [0.29, 0.717) is 0 Å². The summed E-state index contributed by atoms with van der Waals surface area (Å²) in [6, 6.07) is 10.4. The minimum atomic E-state index is 0.983. The van der Waals surface area contributed by atoms with E-state index >= 15 is 0 Å². The van der Waals surface area contributed by atoms with E-state index in [-0.39, 0.29) is 0 Å². The fraction of sp³-hybridized carbons (Fsp3) is 0.353. The average molecular weight is 254 g/mol. The quantitative estimate of drug-likeness (QED) is 0.601. The van der Waals surface area contributed by atoms with Crippen molar-refractivity contribution in [3.63, 3.8) is 0 Å². The van der Waals surface area contributed by atoms with Crippen molar-refractivity contribution in [2.24, 2.45) is 0 Å². The number of rotatable bonds is 7. The lowest BCUT2D eigenvalue weighted by Gasteiger charge is -2.03. The molecule has 1 aromatic carbocycles. The molecule has 0 saturated heterocycles. The predicted molar refractivity (Wildman–Crippen MR) is 82.4 cm³/mol. The second kappa shape index (κ2) is 7.70. The van der Waals surface area contributed by atoms with Gasteiger partial charge in [-0.1, -0.05) is 37.3 Å². The summed E-state index contributed by atoms with van der Waals surface area (Å²) >= 11 is 0. The third-order valence-corrected chi connectivity index (χ3v) is 3.16. The number of pyridine rings is 1. The van der Waals surface area contributed by atoms with Crippen LogP contribution in [0.15, 0.2) is 48.7 Å². The summed E-state index contributed by atoms with van der Waals surface area (Å²) in [4.78, 5) is 4.39. The van der Waals surface area contributed by atoms with Crippen molar-refractivity contribution in [1.82, 2.24) is 10.3 Å². The molecule has 2 heteroatoms. The maximum atomic E-state index is 4.39. The molecule has 1 heterocycles. The molecule has 0 unspecified atom stereocenters. The van der Waals surface area contributed by atoms with Crippen LogP contribution in [-0.2, 0) is 6.42 Å². The zero-order valence-corrected chi connectivity index (χ0v) is 11.6. The fourth-order valence-electron chi connectivity index (χ4n) is 2.15. The predicted octanol–water partition coefficient (Wildman–Crippen LogP) is 3.72. The molecule has 1 N–H and O–H groups in total. The summed E-state index contributed by atoms with van der Waals surface area (Å²) in [5.74, 6) is 0. The second-order valence-corrected chi connectivity index (χ2v) is 4.70. The number of para-hydroxylation sites is 1. The molecule has 0 atom stereocenters. The van der Waals surface area contributed by atoms with Crippen LogP contribution in [0.1, 0.15) is 25.3 Å². The Hall–Kier alpha value is -1.67. The molecule has 2 rings (SSSR count).